The fourth-order valence-electron chi connectivity index (χ4n) is 4.69. The Morgan fingerprint density at radius 2 is 1.76 bits per heavy atom. The normalized spacial score (nSPS) is 11.6. The predicted octanol–water partition coefficient (Wildman–Crippen LogP) is 6.85. The van der Waals surface area contributed by atoms with E-state index in [2.05, 4.69) is 25.6 Å². The van der Waals surface area contributed by atoms with Gasteiger partial charge in [0.25, 0.3) is 5.56 Å². The van der Waals surface area contributed by atoms with Crippen molar-refractivity contribution in [1.82, 2.24) is 14.2 Å². The molecule has 2 aromatic heterocycles. The summed E-state index contributed by atoms with van der Waals surface area (Å²) in [7, 11) is 0. The number of aromatic carboxylic acids is 1. The largest absolute Gasteiger partial charge is 0.489 e. The lowest BCUT2D eigenvalue weighted by Gasteiger charge is -2.12. The molecule has 0 spiro atoms. The van der Waals surface area contributed by atoms with Crippen LogP contribution in [0.25, 0.3) is 16.6 Å². The van der Waals surface area contributed by atoms with Gasteiger partial charge in [-0.3, -0.25) is 4.79 Å². The Morgan fingerprint density at radius 1 is 1.05 bits per heavy atom. The molecule has 3 aromatic carbocycles. The van der Waals surface area contributed by atoms with E-state index >= 15 is 0 Å². The molecule has 0 amide bonds. The molecule has 208 valence electrons. The highest BCUT2D eigenvalue weighted by Gasteiger charge is 2.15. The molecule has 0 atom stereocenters. The molecule has 0 radical (unpaired) electrons. The van der Waals surface area contributed by atoms with Crippen LogP contribution in [0.5, 0.6) is 5.75 Å². The standard InChI is InChI=1S/C32H29BrN4O4/c1-19(2)30-35-29-14-9-25(33)16-28(29)31(38)37(30)34-17-24-15-20(3)36(21(24)4)26-10-12-27(13-11-26)41-18-22-5-7-23(8-6-22)32(39)40/h5-17,19H,18H2,1-4H3,(H,39,40). The molecule has 0 aliphatic heterocycles. The first-order valence-electron chi connectivity index (χ1n) is 13.1. The van der Waals surface area contributed by atoms with Crippen molar-refractivity contribution >= 4 is 39.0 Å². The van der Waals surface area contributed by atoms with Gasteiger partial charge in [0.05, 0.1) is 22.7 Å². The van der Waals surface area contributed by atoms with Crippen LogP contribution in [-0.2, 0) is 6.61 Å². The van der Waals surface area contributed by atoms with Crippen molar-refractivity contribution in [3.63, 3.8) is 0 Å². The molecule has 0 aliphatic carbocycles. The molecular formula is C32H29BrN4O4. The van der Waals surface area contributed by atoms with Gasteiger partial charge in [-0.2, -0.15) is 9.78 Å². The second-order valence-corrected chi connectivity index (χ2v) is 11.0. The summed E-state index contributed by atoms with van der Waals surface area (Å²) in [5.41, 5.74) is 5.43. The van der Waals surface area contributed by atoms with Gasteiger partial charge in [0.15, 0.2) is 0 Å². The van der Waals surface area contributed by atoms with E-state index in [0.29, 0.717) is 29.1 Å². The van der Waals surface area contributed by atoms with E-state index in [0.717, 1.165) is 32.7 Å². The maximum Gasteiger partial charge on any atom is 0.335 e. The highest BCUT2D eigenvalue weighted by atomic mass is 79.9. The zero-order valence-electron chi connectivity index (χ0n) is 23.1. The number of fused-ring (bicyclic) bond motifs is 1. The molecule has 0 unspecified atom stereocenters. The van der Waals surface area contributed by atoms with E-state index in [1.165, 1.54) is 4.68 Å². The van der Waals surface area contributed by atoms with E-state index < -0.39 is 5.97 Å². The topological polar surface area (TPSA) is 98.7 Å². The maximum absolute atomic E-state index is 13.4. The second-order valence-electron chi connectivity index (χ2n) is 10.1. The highest BCUT2D eigenvalue weighted by molar-refractivity contribution is 9.10. The van der Waals surface area contributed by atoms with Gasteiger partial charge in [-0.15, -0.1) is 0 Å². The van der Waals surface area contributed by atoms with Crippen LogP contribution in [-0.4, -0.2) is 31.5 Å². The number of rotatable bonds is 8. The van der Waals surface area contributed by atoms with Gasteiger partial charge in [-0.1, -0.05) is 41.9 Å². The summed E-state index contributed by atoms with van der Waals surface area (Å²) in [4.78, 5) is 29.1. The van der Waals surface area contributed by atoms with Crippen molar-refractivity contribution in [2.24, 2.45) is 5.10 Å². The third-order valence-electron chi connectivity index (χ3n) is 6.83. The molecule has 0 saturated heterocycles. The molecule has 0 saturated carbocycles. The Bertz CT molecular complexity index is 1840. The van der Waals surface area contributed by atoms with Crippen molar-refractivity contribution in [3.8, 4) is 11.4 Å². The molecule has 41 heavy (non-hydrogen) atoms. The number of carboxylic acids is 1. The molecule has 0 bridgehead atoms. The average molecular weight is 614 g/mol. The SMILES string of the molecule is Cc1cc(C=Nn2c(C(C)C)nc3ccc(Br)cc3c2=O)c(C)n1-c1ccc(OCc2ccc(C(=O)O)cc2)cc1. The molecule has 9 heteroatoms. The molecule has 1 N–H and O–H groups in total. The first-order chi connectivity index (χ1) is 19.6. The average Bonchev–Trinajstić information content (AvgIpc) is 3.24. The molecule has 5 aromatic rings. The van der Waals surface area contributed by atoms with Crippen LogP contribution in [0.2, 0.25) is 0 Å². The van der Waals surface area contributed by atoms with Crippen molar-refractivity contribution in [2.75, 3.05) is 0 Å². The Morgan fingerprint density at radius 3 is 2.41 bits per heavy atom. The summed E-state index contributed by atoms with van der Waals surface area (Å²) in [6.07, 6.45) is 1.71. The van der Waals surface area contributed by atoms with Crippen LogP contribution in [0.15, 0.2) is 87.2 Å². The second kappa shape index (κ2) is 11.5. The van der Waals surface area contributed by atoms with Gasteiger partial charge < -0.3 is 14.4 Å². The molecule has 5 rings (SSSR count). The minimum absolute atomic E-state index is 0.00478. The predicted molar refractivity (Wildman–Crippen MR) is 164 cm³/mol. The van der Waals surface area contributed by atoms with Crippen LogP contribution in [0.3, 0.4) is 0 Å². The summed E-state index contributed by atoms with van der Waals surface area (Å²) in [5, 5.41) is 14.2. The fraction of sp³-hybridized carbons (Fsp3) is 0.188. The lowest BCUT2D eigenvalue weighted by Crippen LogP contribution is -2.23. The highest BCUT2D eigenvalue weighted by Crippen LogP contribution is 2.23. The molecule has 0 fully saturated rings. The quantitative estimate of drug-likeness (QED) is 0.193. The Labute approximate surface area is 245 Å². The van der Waals surface area contributed by atoms with Crippen LogP contribution >= 0.6 is 15.9 Å². The number of nitrogens with zero attached hydrogens (tertiary/aromatic N) is 4. The summed E-state index contributed by atoms with van der Waals surface area (Å²) in [6.45, 7) is 8.36. The zero-order valence-corrected chi connectivity index (χ0v) is 24.7. The van der Waals surface area contributed by atoms with Crippen molar-refractivity contribution in [2.45, 2.75) is 40.2 Å². The van der Waals surface area contributed by atoms with Crippen LogP contribution < -0.4 is 10.3 Å². The monoisotopic (exact) mass is 612 g/mol. The van der Waals surface area contributed by atoms with Crippen LogP contribution in [0.1, 0.15) is 58.5 Å². The first-order valence-corrected chi connectivity index (χ1v) is 13.9. The molecule has 2 heterocycles. The number of benzene rings is 3. The van der Waals surface area contributed by atoms with Crippen molar-refractivity contribution < 1.29 is 14.6 Å². The first kappa shape index (κ1) is 28.0. The number of carbonyl (C=O) groups is 1. The minimum Gasteiger partial charge on any atom is -0.489 e. The van der Waals surface area contributed by atoms with Crippen LogP contribution in [0, 0.1) is 13.8 Å². The summed E-state index contributed by atoms with van der Waals surface area (Å²) < 4.78 is 10.2. The minimum atomic E-state index is -0.952. The number of hydrogen-bond acceptors (Lipinski definition) is 5. The Balaban J connectivity index is 1.38. The van der Waals surface area contributed by atoms with Crippen LogP contribution in [0.4, 0.5) is 0 Å². The van der Waals surface area contributed by atoms with E-state index in [1.54, 1.807) is 36.5 Å². The fourth-order valence-corrected chi connectivity index (χ4v) is 5.05. The molecule has 0 aliphatic rings. The number of carboxylic acid groups (broad SMARTS) is 1. The zero-order chi connectivity index (χ0) is 29.3. The van der Waals surface area contributed by atoms with E-state index in [-0.39, 0.29) is 17.0 Å². The van der Waals surface area contributed by atoms with E-state index in [1.807, 2.05) is 70.2 Å². The molecular weight excluding hydrogens is 584 g/mol. The Kier molecular flexibility index (Phi) is 7.90. The maximum atomic E-state index is 13.4. The van der Waals surface area contributed by atoms with Gasteiger partial charge in [0.2, 0.25) is 0 Å². The van der Waals surface area contributed by atoms with Gasteiger partial charge in [0.1, 0.15) is 18.2 Å². The number of aryl methyl sites for hydroxylation is 1. The lowest BCUT2D eigenvalue weighted by molar-refractivity contribution is 0.0697. The van der Waals surface area contributed by atoms with Gasteiger partial charge in [0, 0.05) is 33.0 Å². The number of hydrogen-bond donors (Lipinski definition) is 1. The summed E-state index contributed by atoms with van der Waals surface area (Å²) in [6, 6.07) is 21.9. The lowest BCUT2D eigenvalue weighted by atomic mass is 10.1. The Hall–Kier alpha value is -4.50. The summed E-state index contributed by atoms with van der Waals surface area (Å²) >= 11 is 3.44. The van der Waals surface area contributed by atoms with Crippen molar-refractivity contribution in [3.05, 3.63) is 122 Å². The van der Waals surface area contributed by atoms with Gasteiger partial charge in [-0.05, 0) is 80.1 Å². The third-order valence-corrected chi connectivity index (χ3v) is 7.33. The van der Waals surface area contributed by atoms with Gasteiger partial charge >= 0.3 is 5.97 Å². The van der Waals surface area contributed by atoms with Gasteiger partial charge in [-0.25, -0.2) is 9.78 Å². The number of aromatic nitrogens is 3. The number of ether oxygens (including phenoxy) is 1. The third kappa shape index (κ3) is 5.85. The summed E-state index contributed by atoms with van der Waals surface area (Å²) in [5.74, 6) is 0.358. The van der Waals surface area contributed by atoms with E-state index in [4.69, 9.17) is 14.8 Å². The molecule has 8 nitrogen and oxygen atoms in total. The van der Waals surface area contributed by atoms with E-state index in [9.17, 15) is 9.59 Å². The smallest absolute Gasteiger partial charge is 0.335 e. The number of halogens is 1. The van der Waals surface area contributed by atoms with Crippen molar-refractivity contribution in [1.29, 1.82) is 0 Å².